The van der Waals surface area contributed by atoms with Gasteiger partial charge < -0.3 is 0 Å². The summed E-state index contributed by atoms with van der Waals surface area (Å²) in [5.41, 5.74) is 1.37. The molecule has 0 aliphatic carbocycles. The Hall–Kier alpha value is -0.880. The second-order valence-corrected chi connectivity index (χ2v) is 3.50. The molecule has 1 nitrogen and oxygen atoms in total. The highest BCUT2D eigenvalue weighted by molar-refractivity contribution is 9.09. The molecule has 0 amide bonds. The molecule has 1 rings (SSSR count). The fourth-order valence-electron chi connectivity index (χ4n) is 1.14. The van der Waals surface area contributed by atoms with Crippen LogP contribution in [0.5, 0.6) is 0 Å². The Balaban J connectivity index is 2.89. The topological polar surface area (TPSA) is 23.8 Å². The molecule has 0 fully saturated rings. The van der Waals surface area contributed by atoms with Crippen LogP contribution in [0.4, 0.5) is 4.39 Å². The summed E-state index contributed by atoms with van der Waals surface area (Å²) in [6, 6.07) is 6.32. The first-order chi connectivity index (χ1) is 6.27. The molecular formula is C10H9BrFN. The number of rotatable bonds is 3. The van der Waals surface area contributed by atoms with E-state index in [1.54, 1.807) is 0 Å². The smallest absolute Gasteiger partial charge is 0.123 e. The third-order valence-electron chi connectivity index (χ3n) is 1.77. The zero-order valence-corrected chi connectivity index (χ0v) is 8.64. The molecule has 13 heavy (non-hydrogen) atoms. The van der Waals surface area contributed by atoms with E-state index in [0.29, 0.717) is 5.56 Å². The number of nitriles is 1. The van der Waals surface area contributed by atoms with Crippen molar-refractivity contribution in [3.8, 4) is 6.07 Å². The fourth-order valence-corrected chi connectivity index (χ4v) is 1.42. The molecule has 0 bridgehead atoms. The fraction of sp³-hybridized carbons (Fsp3) is 0.300. The van der Waals surface area contributed by atoms with Gasteiger partial charge in [0, 0.05) is 5.33 Å². The van der Waals surface area contributed by atoms with Crippen molar-refractivity contribution in [1.29, 1.82) is 5.26 Å². The Bertz CT molecular complexity index is 330. The highest BCUT2D eigenvalue weighted by atomic mass is 79.9. The average Bonchev–Trinajstić information content (AvgIpc) is 2.15. The van der Waals surface area contributed by atoms with Crippen molar-refractivity contribution in [2.75, 3.05) is 5.33 Å². The molecular weight excluding hydrogens is 233 g/mol. The molecule has 0 radical (unpaired) electrons. The van der Waals surface area contributed by atoms with Crippen LogP contribution in [0.15, 0.2) is 18.2 Å². The number of hydrogen-bond donors (Lipinski definition) is 0. The molecule has 3 heteroatoms. The van der Waals surface area contributed by atoms with Gasteiger partial charge in [-0.05, 0) is 36.6 Å². The van der Waals surface area contributed by atoms with Crippen LogP contribution < -0.4 is 0 Å². The van der Waals surface area contributed by atoms with Crippen LogP contribution in [0.2, 0.25) is 0 Å². The summed E-state index contributed by atoms with van der Waals surface area (Å²) in [7, 11) is 0. The number of aryl methyl sites for hydroxylation is 1. The van der Waals surface area contributed by atoms with E-state index in [1.165, 1.54) is 18.2 Å². The van der Waals surface area contributed by atoms with Gasteiger partial charge in [0.1, 0.15) is 5.82 Å². The SMILES string of the molecule is N#Cc1ccc(F)cc1CCCBr. The van der Waals surface area contributed by atoms with Gasteiger partial charge in [-0.2, -0.15) is 5.26 Å². The minimum absolute atomic E-state index is 0.274. The number of benzene rings is 1. The van der Waals surface area contributed by atoms with Gasteiger partial charge in [0.2, 0.25) is 0 Å². The second kappa shape index (κ2) is 4.98. The van der Waals surface area contributed by atoms with Crippen LogP contribution in [-0.4, -0.2) is 5.33 Å². The minimum atomic E-state index is -0.274. The van der Waals surface area contributed by atoms with E-state index in [0.717, 1.165) is 23.7 Å². The van der Waals surface area contributed by atoms with Crippen molar-refractivity contribution in [2.24, 2.45) is 0 Å². The zero-order valence-electron chi connectivity index (χ0n) is 7.06. The molecule has 0 atom stereocenters. The standard InChI is InChI=1S/C10H9BrFN/c11-5-1-2-8-6-10(12)4-3-9(8)7-13/h3-4,6H,1-2,5H2. The zero-order chi connectivity index (χ0) is 9.68. The van der Waals surface area contributed by atoms with Gasteiger partial charge in [0.05, 0.1) is 11.6 Å². The third-order valence-corrected chi connectivity index (χ3v) is 2.33. The van der Waals surface area contributed by atoms with E-state index >= 15 is 0 Å². The van der Waals surface area contributed by atoms with Crippen molar-refractivity contribution in [3.05, 3.63) is 35.1 Å². The van der Waals surface area contributed by atoms with E-state index < -0.39 is 0 Å². The van der Waals surface area contributed by atoms with Gasteiger partial charge in [-0.15, -0.1) is 0 Å². The summed E-state index contributed by atoms with van der Waals surface area (Å²) >= 11 is 3.30. The normalized spacial score (nSPS) is 9.62. The first kappa shape index (κ1) is 10.2. The Morgan fingerprint density at radius 3 is 2.85 bits per heavy atom. The predicted molar refractivity (Wildman–Crippen MR) is 53.2 cm³/mol. The highest BCUT2D eigenvalue weighted by Gasteiger charge is 2.02. The van der Waals surface area contributed by atoms with Gasteiger partial charge >= 0.3 is 0 Å². The lowest BCUT2D eigenvalue weighted by Crippen LogP contribution is -1.92. The van der Waals surface area contributed by atoms with Crippen LogP contribution in [0.1, 0.15) is 17.5 Å². The Morgan fingerprint density at radius 1 is 1.46 bits per heavy atom. The van der Waals surface area contributed by atoms with Gasteiger partial charge in [0.15, 0.2) is 0 Å². The number of alkyl halides is 1. The molecule has 68 valence electrons. The monoisotopic (exact) mass is 241 g/mol. The summed E-state index contributed by atoms with van der Waals surface area (Å²) < 4.78 is 12.8. The first-order valence-corrected chi connectivity index (χ1v) is 5.14. The Labute approximate surface area is 85.3 Å². The van der Waals surface area contributed by atoms with Crippen molar-refractivity contribution < 1.29 is 4.39 Å². The van der Waals surface area contributed by atoms with Crippen molar-refractivity contribution in [2.45, 2.75) is 12.8 Å². The lowest BCUT2D eigenvalue weighted by Gasteiger charge is -2.01. The molecule has 0 unspecified atom stereocenters. The average molecular weight is 242 g/mol. The molecule has 0 saturated carbocycles. The van der Waals surface area contributed by atoms with Gasteiger partial charge in [0.25, 0.3) is 0 Å². The number of hydrogen-bond acceptors (Lipinski definition) is 1. The van der Waals surface area contributed by atoms with Gasteiger partial charge in [-0.3, -0.25) is 0 Å². The van der Waals surface area contributed by atoms with Gasteiger partial charge in [-0.25, -0.2) is 4.39 Å². The summed E-state index contributed by atoms with van der Waals surface area (Å²) in [6.45, 7) is 0. The third kappa shape index (κ3) is 2.82. The minimum Gasteiger partial charge on any atom is -0.207 e. The summed E-state index contributed by atoms with van der Waals surface area (Å²) in [5.74, 6) is -0.274. The summed E-state index contributed by atoms with van der Waals surface area (Å²) in [6.07, 6.45) is 1.66. The van der Waals surface area contributed by atoms with Gasteiger partial charge in [-0.1, -0.05) is 15.9 Å². The first-order valence-electron chi connectivity index (χ1n) is 4.02. The summed E-state index contributed by atoms with van der Waals surface area (Å²) in [5, 5.41) is 9.59. The molecule has 0 aliphatic heterocycles. The molecule has 0 saturated heterocycles. The number of halogens is 2. The molecule has 0 spiro atoms. The van der Waals surface area contributed by atoms with Crippen molar-refractivity contribution in [3.63, 3.8) is 0 Å². The Kier molecular flexibility index (Phi) is 3.91. The molecule has 0 N–H and O–H groups in total. The van der Waals surface area contributed by atoms with E-state index in [1.807, 2.05) is 6.07 Å². The van der Waals surface area contributed by atoms with E-state index in [2.05, 4.69) is 15.9 Å². The van der Waals surface area contributed by atoms with Crippen LogP contribution in [0.3, 0.4) is 0 Å². The van der Waals surface area contributed by atoms with Crippen LogP contribution in [-0.2, 0) is 6.42 Å². The maximum absolute atomic E-state index is 12.8. The Morgan fingerprint density at radius 2 is 2.23 bits per heavy atom. The lowest BCUT2D eigenvalue weighted by atomic mass is 10.0. The quantitative estimate of drug-likeness (QED) is 0.747. The van der Waals surface area contributed by atoms with E-state index in [4.69, 9.17) is 5.26 Å². The maximum atomic E-state index is 12.8. The van der Waals surface area contributed by atoms with Crippen LogP contribution in [0, 0.1) is 17.1 Å². The lowest BCUT2D eigenvalue weighted by molar-refractivity contribution is 0.625. The van der Waals surface area contributed by atoms with Crippen LogP contribution >= 0.6 is 15.9 Å². The van der Waals surface area contributed by atoms with Crippen LogP contribution in [0.25, 0.3) is 0 Å². The maximum Gasteiger partial charge on any atom is 0.123 e. The molecule has 1 aromatic rings. The van der Waals surface area contributed by atoms with Crippen molar-refractivity contribution >= 4 is 15.9 Å². The molecule has 0 aromatic heterocycles. The highest BCUT2D eigenvalue weighted by Crippen LogP contribution is 2.12. The molecule has 0 aliphatic rings. The van der Waals surface area contributed by atoms with E-state index in [9.17, 15) is 4.39 Å². The molecule has 0 heterocycles. The predicted octanol–water partition coefficient (Wildman–Crippen LogP) is 3.02. The number of nitrogens with zero attached hydrogens (tertiary/aromatic N) is 1. The summed E-state index contributed by atoms with van der Waals surface area (Å²) in [4.78, 5) is 0. The second-order valence-electron chi connectivity index (χ2n) is 2.71. The largest absolute Gasteiger partial charge is 0.207 e. The van der Waals surface area contributed by atoms with Crippen molar-refractivity contribution in [1.82, 2.24) is 0 Å². The van der Waals surface area contributed by atoms with E-state index in [-0.39, 0.29) is 5.82 Å². The molecule has 1 aromatic carbocycles.